The molecule has 50 heavy (non-hydrogen) atoms. The van der Waals surface area contributed by atoms with Crippen molar-refractivity contribution < 1.29 is 25.0 Å². The van der Waals surface area contributed by atoms with E-state index in [4.69, 9.17) is 33.1 Å². The molecule has 0 fully saturated rings. The summed E-state index contributed by atoms with van der Waals surface area (Å²) in [6.07, 6.45) is 0. The topological polar surface area (TPSA) is 56.7 Å². The number of hydrogen-bond donors (Lipinski definition) is 0. The molecule has 5 nitrogen and oxygen atoms in total. The number of hydrogen-bond acceptors (Lipinski definition) is 4. The van der Waals surface area contributed by atoms with E-state index in [-0.39, 0.29) is 78.0 Å². The molecule has 0 aliphatic rings. The molecule has 3 aromatic heterocycles. The molecule has 0 amide bonds. The quantitative estimate of drug-likeness (QED) is 0.185. The number of aromatic nitrogens is 4. The third-order valence-corrected chi connectivity index (χ3v) is 8.33. The van der Waals surface area contributed by atoms with Crippen LogP contribution in [0.5, 0.6) is 0 Å². The first-order chi connectivity index (χ1) is 31.0. The van der Waals surface area contributed by atoms with Crippen LogP contribution < -0.4 is 0 Å². The van der Waals surface area contributed by atoms with Crippen LogP contribution >= 0.6 is 0 Å². The van der Waals surface area contributed by atoms with Crippen LogP contribution in [0.2, 0.25) is 0 Å². The van der Waals surface area contributed by atoms with Crippen molar-refractivity contribution in [3.05, 3.63) is 169 Å². The Kier molecular flexibility index (Phi) is 3.87. The van der Waals surface area contributed by atoms with Gasteiger partial charge in [0.05, 0.1) is 37.3 Å². The molecule has 7 aromatic carbocycles. The lowest BCUT2D eigenvalue weighted by molar-refractivity contribution is 0.670. The lowest BCUT2D eigenvalue weighted by Gasteiger charge is -2.16. The van der Waals surface area contributed by atoms with E-state index in [1.807, 2.05) is 12.1 Å². The van der Waals surface area contributed by atoms with Crippen LogP contribution in [0.15, 0.2) is 174 Å². The van der Waals surface area contributed by atoms with Crippen LogP contribution in [0.1, 0.15) is 20.6 Å². The van der Waals surface area contributed by atoms with Crippen LogP contribution in [-0.2, 0) is 0 Å². The van der Waals surface area contributed by atoms with E-state index in [9.17, 15) is 6.85 Å². The van der Waals surface area contributed by atoms with Crippen LogP contribution in [0, 0.1) is 0 Å². The Balaban J connectivity index is 1.45. The van der Waals surface area contributed by atoms with Crippen LogP contribution in [-0.4, -0.2) is 19.5 Å². The van der Waals surface area contributed by atoms with Crippen LogP contribution in [0.4, 0.5) is 0 Å². The van der Waals surface area contributed by atoms with Gasteiger partial charge in [-0.25, -0.2) is 15.0 Å². The summed E-state index contributed by atoms with van der Waals surface area (Å²) in [5.74, 6) is 0.309. The molecule has 0 spiro atoms. The van der Waals surface area contributed by atoms with Gasteiger partial charge in [-0.3, -0.25) is 0 Å². The Morgan fingerprint density at radius 3 is 1.70 bits per heavy atom. The second-order valence-electron chi connectivity index (χ2n) is 11.2. The molecular formula is C45H28N4O. The maximum absolute atomic E-state index is 10.2. The number of nitrogens with zero attached hydrogens (tertiary/aromatic N) is 4. The zero-order valence-corrected chi connectivity index (χ0v) is 25.7. The predicted molar refractivity (Wildman–Crippen MR) is 203 cm³/mol. The smallest absolute Gasteiger partial charge is 0.164 e. The van der Waals surface area contributed by atoms with E-state index in [2.05, 4.69) is 0 Å². The van der Waals surface area contributed by atoms with Gasteiger partial charge in [-0.05, 0) is 24.2 Å². The van der Waals surface area contributed by atoms with Gasteiger partial charge in [0.2, 0.25) is 0 Å². The second-order valence-corrected chi connectivity index (χ2v) is 11.2. The molecule has 0 N–H and O–H groups in total. The minimum absolute atomic E-state index is 0.0971. The third-order valence-electron chi connectivity index (χ3n) is 8.33. The minimum Gasteiger partial charge on any atom is -0.455 e. The summed E-state index contributed by atoms with van der Waals surface area (Å²) in [5, 5.41) is -0.866. The Morgan fingerprint density at radius 2 is 1.04 bits per heavy atom. The number of benzene rings is 7. The first kappa shape index (κ1) is 17.0. The van der Waals surface area contributed by atoms with Gasteiger partial charge in [0.15, 0.2) is 17.5 Å². The first-order valence-electron chi connectivity index (χ1n) is 23.0. The highest BCUT2D eigenvalue weighted by Gasteiger charge is 2.21. The molecule has 10 rings (SSSR count). The Labute approximate surface area is 308 Å². The van der Waals surface area contributed by atoms with Crippen molar-refractivity contribution in [2.24, 2.45) is 0 Å². The van der Waals surface area contributed by atoms with E-state index in [0.717, 1.165) is 12.1 Å². The fourth-order valence-electron chi connectivity index (χ4n) is 6.09. The number of para-hydroxylation sites is 4. The lowest BCUT2D eigenvalue weighted by atomic mass is 9.98. The van der Waals surface area contributed by atoms with Crippen LogP contribution in [0.25, 0.3) is 94.7 Å². The average Bonchev–Trinajstić information content (AvgIpc) is 3.88. The molecule has 0 aliphatic carbocycles. The molecule has 0 atom stereocenters. The van der Waals surface area contributed by atoms with E-state index in [1.54, 1.807) is 48.5 Å². The van der Waals surface area contributed by atoms with Crippen molar-refractivity contribution in [2.75, 3.05) is 0 Å². The van der Waals surface area contributed by atoms with Gasteiger partial charge in [-0.1, -0.05) is 145 Å². The van der Waals surface area contributed by atoms with Crippen LogP contribution in [0.3, 0.4) is 0 Å². The molecule has 5 heteroatoms. The van der Waals surface area contributed by atoms with E-state index < -0.39 is 96.2 Å². The molecule has 0 saturated carbocycles. The Hall–Kier alpha value is -6.85. The Morgan fingerprint density at radius 1 is 0.460 bits per heavy atom. The van der Waals surface area contributed by atoms with Crippen molar-refractivity contribution in [1.82, 2.24) is 19.5 Å². The molecule has 0 saturated heterocycles. The molecule has 10 aromatic rings. The third kappa shape index (κ3) is 4.52. The monoisotopic (exact) mass is 655 g/mol. The molecule has 0 radical (unpaired) electrons. The van der Waals surface area contributed by atoms with Crippen molar-refractivity contribution in [3.8, 4) is 51.0 Å². The van der Waals surface area contributed by atoms with Gasteiger partial charge in [0.1, 0.15) is 11.2 Å². The largest absolute Gasteiger partial charge is 0.455 e. The highest BCUT2D eigenvalue weighted by atomic mass is 16.3. The molecule has 3 heterocycles. The zero-order valence-electron chi connectivity index (χ0n) is 40.7. The summed E-state index contributed by atoms with van der Waals surface area (Å²) in [7, 11) is 0. The van der Waals surface area contributed by atoms with Gasteiger partial charge in [0, 0.05) is 49.4 Å². The summed E-state index contributed by atoms with van der Waals surface area (Å²) >= 11 is 0. The van der Waals surface area contributed by atoms with Crippen molar-refractivity contribution in [3.63, 3.8) is 0 Å². The highest BCUT2D eigenvalue weighted by molar-refractivity contribution is 6.12. The molecule has 0 bridgehead atoms. The predicted octanol–water partition coefficient (Wildman–Crippen LogP) is 11.5. The normalized spacial score (nSPS) is 15.8. The first-order valence-corrected chi connectivity index (χ1v) is 15.5. The lowest BCUT2D eigenvalue weighted by Crippen LogP contribution is -2.02. The van der Waals surface area contributed by atoms with E-state index in [0.29, 0.717) is 11.1 Å². The van der Waals surface area contributed by atoms with Gasteiger partial charge in [-0.2, -0.15) is 0 Å². The minimum atomic E-state index is -0.717. The summed E-state index contributed by atoms with van der Waals surface area (Å²) in [5.41, 5.74) is -1.19. The Bertz CT molecular complexity index is 3600. The van der Waals surface area contributed by atoms with Gasteiger partial charge in [0.25, 0.3) is 0 Å². The molecule has 0 unspecified atom stereocenters. The van der Waals surface area contributed by atoms with Gasteiger partial charge < -0.3 is 8.98 Å². The average molecular weight is 656 g/mol. The fourth-order valence-corrected chi connectivity index (χ4v) is 6.09. The van der Waals surface area contributed by atoms with Gasteiger partial charge in [-0.15, -0.1) is 0 Å². The van der Waals surface area contributed by atoms with Gasteiger partial charge >= 0.3 is 0 Å². The fraction of sp³-hybridized carbons (Fsp3) is 0. The summed E-state index contributed by atoms with van der Waals surface area (Å²) < 4.78 is 143. The summed E-state index contributed by atoms with van der Waals surface area (Å²) in [4.78, 5) is 14.3. The summed E-state index contributed by atoms with van der Waals surface area (Å²) in [6.45, 7) is 0. The molecular weight excluding hydrogens is 613 g/mol. The molecule has 0 aliphatic heterocycles. The van der Waals surface area contributed by atoms with E-state index >= 15 is 0 Å². The number of rotatable bonds is 5. The maximum atomic E-state index is 10.2. The SMILES string of the molecule is [2H]c1cc(-c2nc(-c3ccccc3)nc(-c3ccccc3)n2)c([2H])c(-n2c3c([2H])cc([2H])c([2H])c3c3c([2H])c([2H])cc([2H])c32)c1-c1c([2H])c([2H])c([2H])c2c1oc1c([2H])c([2H])c([2H])c([2H])c12. The molecule has 234 valence electrons. The van der Waals surface area contributed by atoms with E-state index in [1.165, 1.54) is 10.6 Å². The maximum Gasteiger partial charge on any atom is 0.164 e. The van der Waals surface area contributed by atoms with Crippen molar-refractivity contribution in [2.45, 2.75) is 0 Å². The standard InChI is InChI=1S/C45H28N4O/c1-3-14-29(15-4-1)43-46-44(30-16-5-2-6-17-30)48-45(47-43)31-26-27-34(36-21-13-22-37-35-20-9-12-25-41(35)50-42(36)37)40(28-31)49-38-23-10-7-18-32(38)33-19-8-11-24-39(33)49/h1-28H/i7D,8D,9D,12D,13D,18D,19D,20D,21D,22D,23D,24D,25D,27D,28D. The second kappa shape index (κ2) is 11.4. The number of furan rings is 1. The number of fused-ring (bicyclic) bond motifs is 6. The zero-order chi connectivity index (χ0) is 46.1. The van der Waals surface area contributed by atoms with Crippen molar-refractivity contribution in [1.29, 1.82) is 0 Å². The summed E-state index contributed by atoms with van der Waals surface area (Å²) in [6, 6.07) is 13.3. The highest BCUT2D eigenvalue weighted by Crippen LogP contribution is 2.42. The van der Waals surface area contributed by atoms with Crippen molar-refractivity contribution >= 4 is 43.7 Å².